The minimum Gasteiger partial charge on any atom is -0.388 e. The SMILES string of the molecule is CC#CCc1cccc(NC)c1. The van der Waals surface area contributed by atoms with Gasteiger partial charge in [0.15, 0.2) is 0 Å². The van der Waals surface area contributed by atoms with Gasteiger partial charge in [0.1, 0.15) is 0 Å². The highest BCUT2D eigenvalue weighted by Gasteiger charge is 1.90. The number of benzene rings is 1. The Balaban J connectivity index is 2.77. The van der Waals surface area contributed by atoms with E-state index in [-0.39, 0.29) is 0 Å². The van der Waals surface area contributed by atoms with Crippen LogP contribution in [-0.2, 0) is 6.42 Å². The maximum atomic E-state index is 3.10. The normalized spacial score (nSPS) is 8.50. The summed E-state index contributed by atoms with van der Waals surface area (Å²) in [4.78, 5) is 0. The zero-order chi connectivity index (χ0) is 8.81. The molecule has 0 radical (unpaired) electrons. The van der Waals surface area contributed by atoms with Gasteiger partial charge in [-0.15, -0.1) is 5.92 Å². The van der Waals surface area contributed by atoms with Gasteiger partial charge in [-0.3, -0.25) is 0 Å². The van der Waals surface area contributed by atoms with Gasteiger partial charge in [-0.1, -0.05) is 18.1 Å². The lowest BCUT2D eigenvalue weighted by Gasteiger charge is -2.00. The first-order chi connectivity index (χ1) is 5.86. The third-order valence-corrected chi connectivity index (χ3v) is 1.68. The van der Waals surface area contributed by atoms with E-state index in [2.05, 4.69) is 29.3 Å². The number of anilines is 1. The van der Waals surface area contributed by atoms with E-state index in [9.17, 15) is 0 Å². The van der Waals surface area contributed by atoms with Crippen molar-refractivity contribution in [3.8, 4) is 11.8 Å². The Kier molecular flexibility index (Phi) is 3.22. The van der Waals surface area contributed by atoms with Gasteiger partial charge in [-0.2, -0.15) is 0 Å². The van der Waals surface area contributed by atoms with Crippen LogP contribution in [0.3, 0.4) is 0 Å². The van der Waals surface area contributed by atoms with Crippen molar-refractivity contribution in [3.05, 3.63) is 29.8 Å². The van der Waals surface area contributed by atoms with Gasteiger partial charge >= 0.3 is 0 Å². The highest BCUT2D eigenvalue weighted by atomic mass is 14.8. The van der Waals surface area contributed by atoms with Crippen LogP contribution in [0.1, 0.15) is 12.5 Å². The van der Waals surface area contributed by atoms with Crippen molar-refractivity contribution in [2.75, 3.05) is 12.4 Å². The second-order valence-electron chi connectivity index (χ2n) is 2.55. The Bertz CT molecular complexity index is 304. The topological polar surface area (TPSA) is 12.0 Å². The molecule has 62 valence electrons. The molecule has 0 aliphatic heterocycles. The summed E-state index contributed by atoms with van der Waals surface area (Å²) >= 11 is 0. The van der Waals surface area contributed by atoms with Gasteiger partial charge in [-0.25, -0.2) is 0 Å². The van der Waals surface area contributed by atoms with Crippen LogP contribution in [0.15, 0.2) is 24.3 Å². The first-order valence-electron chi connectivity index (χ1n) is 4.03. The fraction of sp³-hybridized carbons (Fsp3) is 0.273. The monoisotopic (exact) mass is 159 g/mol. The molecule has 0 atom stereocenters. The van der Waals surface area contributed by atoms with Crippen molar-refractivity contribution in [1.29, 1.82) is 0 Å². The first kappa shape index (κ1) is 8.67. The molecule has 0 unspecified atom stereocenters. The fourth-order valence-electron chi connectivity index (χ4n) is 1.03. The van der Waals surface area contributed by atoms with Gasteiger partial charge in [0.2, 0.25) is 0 Å². The summed E-state index contributed by atoms with van der Waals surface area (Å²) in [5.41, 5.74) is 2.40. The molecule has 1 rings (SSSR count). The first-order valence-corrected chi connectivity index (χ1v) is 4.03. The number of hydrogen-bond acceptors (Lipinski definition) is 1. The second-order valence-corrected chi connectivity index (χ2v) is 2.55. The Hall–Kier alpha value is -1.42. The summed E-state index contributed by atoms with van der Waals surface area (Å²) in [6.07, 6.45) is 0.839. The highest BCUT2D eigenvalue weighted by molar-refractivity contribution is 5.45. The van der Waals surface area contributed by atoms with Crippen LogP contribution >= 0.6 is 0 Å². The summed E-state index contributed by atoms with van der Waals surface area (Å²) in [7, 11) is 1.92. The van der Waals surface area contributed by atoms with E-state index in [1.807, 2.05) is 26.1 Å². The predicted molar refractivity (Wildman–Crippen MR) is 53.1 cm³/mol. The quantitative estimate of drug-likeness (QED) is 0.653. The maximum absolute atomic E-state index is 3.10. The summed E-state index contributed by atoms with van der Waals surface area (Å²) in [6, 6.07) is 8.29. The molecule has 0 amide bonds. The second kappa shape index (κ2) is 4.46. The molecule has 1 heteroatoms. The lowest BCUT2D eigenvalue weighted by atomic mass is 10.1. The van der Waals surface area contributed by atoms with Crippen LogP contribution in [-0.4, -0.2) is 7.05 Å². The molecule has 1 nitrogen and oxygen atoms in total. The molecule has 1 N–H and O–H groups in total. The number of rotatable bonds is 2. The van der Waals surface area contributed by atoms with E-state index >= 15 is 0 Å². The Morgan fingerprint density at radius 1 is 1.42 bits per heavy atom. The van der Waals surface area contributed by atoms with Crippen LogP contribution < -0.4 is 5.32 Å². The summed E-state index contributed by atoms with van der Waals surface area (Å²) in [6.45, 7) is 1.86. The lowest BCUT2D eigenvalue weighted by Crippen LogP contribution is -1.89. The zero-order valence-electron chi connectivity index (χ0n) is 7.52. The Morgan fingerprint density at radius 3 is 2.92 bits per heavy atom. The summed E-state index contributed by atoms with van der Waals surface area (Å²) in [5, 5.41) is 3.10. The minimum absolute atomic E-state index is 0.839. The van der Waals surface area contributed by atoms with Crippen LogP contribution in [0.2, 0.25) is 0 Å². The molecule has 0 aliphatic carbocycles. The molecular weight excluding hydrogens is 146 g/mol. The molecule has 0 bridgehead atoms. The molecule has 0 saturated carbocycles. The molecular formula is C11H13N. The van der Waals surface area contributed by atoms with Gasteiger partial charge in [0.25, 0.3) is 0 Å². The molecule has 0 aliphatic rings. The van der Waals surface area contributed by atoms with E-state index in [4.69, 9.17) is 0 Å². The van der Waals surface area contributed by atoms with Crippen molar-refractivity contribution >= 4 is 5.69 Å². The maximum Gasteiger partial charge on any atom is 0.0341 e. The van der Waals surface area contributed by atoms with E-state index in [0.717, 1.165) is 12.1 Å². The average Bonchev–Trinajstić information content (AvgIpc) is 2.15. The Morgan fingerprint density at radius 2 is 2.25 bits per heavy atom. The van der Waals surface area contributed by atoms with Gasteiger partial charge in [0, 0.05) is 19.2 Å². The van der Waals surface area contributed by atoms with Gasteiger partial charge in [-0.05, 0) is 24.6 Å². The van der Waals surface area contributed by atoms with Crippen molar-refractivity contribution in [3.63, 3.8) is 0 Å². The van der Waals surface area contributed by atoms with Crippen molar-refractivity contribution < 1.29 is 0 Å². The zero-order valence-corrected chi connectivity index (χ0v) is 7.52. The predicted octanol–water partition coefficient (Wildman–Crippen LogP) is 2.29. The van der Waals surface area contributed by atoms with Crippen molar-refractivity contribution in [2.45, 2.75) is 13.3 Å². The van der Waals surface area contributed by atoms with E-state index in [0.29, 0.717) is 0 Å². The molecule has 0 fully saturated rings. The molecule has 0 aromatic heterocycles. The Labute approximate surface area is 73.8 Å². The lowest BCUT2D eigenvalue weighted by molar-refractivity contribution is 1.31. The number of nitrogens with one attached hydrogen (secondary N) is 1. The molecule has 0 saturated heterocycles. The van der Waals surface area contributed by atoms with Crippen LogP contribution in [0.5, 0.6) is 0 Å². The molecule has 1 aromatic carbocycles. The standard InChI is InChI=1S/C11H13N/c1-3-4-6-10-7-5-8-11(9-10)12-2/h5,7-9,12H,6H2,1-2H3. The molecule has 1 aromatic rings. The minimum atomic E-state index is 0.839. The largest absolute Gasteiger partial charge is 0.388 e. The third kappa shape index (κ3) is 2.32. The number of hydrogen-bond donors (Lipinski definition) is 1. The van der Waals surface area contributed by atoms with Crippen LogP contribution in [0.4, 0.5) is 5.69 Å². The highest BCUT2D eigenvalue weighted by Crippen LogP contribution is 2.09. The third-order valence-electron chi connectivity index (χ3n) is 1.68. The van der Waals surface area contributed by atoms with Crippen LogP contribution in [0.25, 0.3) is 0 Å². The average molecular weight is 159 g/mol. The van der Waals surface area contributed by atoms with Gasteiger partial charge < -0.3 is 5.32 Å². The molecule has 0 heterocycles. The van der Waals surface area contributed by atoms with Gasteiger partial charge in [0.05, 0.1) is 0 Å². The van der Waals surface area contributed by atoms with E-state index in [1.54, 1.807) is 0 Å². The van der Waals surface area contributed by atoms with E-state index < -0.39 is 0 Å². The van der Waals surface area contributed by atoms with Crippen molar-refractivity contribution in [1.82, 2.24) is 0 Å². The van der Waals surface area contributed by atoms with Crippen LogP contribution in [0, 0.1) is 11.8 Å². The summed E-state index contributed by atoms with van der Waals surface area (Å²) < 4.78 is 0. The van der Waals surface area contributed by atoms with Crippen molar-refractivity contribution in [2.24, 2.45) is 0 Å². The fourth-order valence-corrected chi connectivity index (χ4v) is 1.03. The summed E-state index contributed by atoms with van der Waals surface area (Å²) in [5.74, 6) is 5.92. The smallest absolute Gasteiger partial charge is 0.0341 e. The van der Waals surface area contributed by atoms with E-state index in [1.165, 1.54) is 5.56 Å². The molecule has 0 spiro atoms. The molecule has 12 heavy (non-hydrogen) atoms.